The van der Waals surface area contributed by atoms with E-state index >= 15 is 0 Å². The molecule has 0 bridgehead atoms. The molecule has 0 aromatic rings. The summed E-state index contributed by atoms with van der Waals surface area (Å²) in [6.45, 7) is 4.48. The summed E-state index contributed by atoms with van der Waals surface area (Å²) in [6.07, 6.45) is 21.1. The van der Waals surface area contributed by atoms with Gasteiger partial charge in [-0.05, 0) is 12.8 Å². The molecule has 0 spiro atoms. The lowest BCUT2D eigenvalue weighted by molar-refractivity contribution is 0.175. The van der Waals surface area contributed by atoms with Gasteiger partial charge in [-0.15, -0.1) is 0 Å². The Balaban J connectivity index is 3.61. The van der Waals surface area contributed by atoms with E-state index in [1.807, 2.05) is 0 Å². The van der Waals surface area contributed by atoms with Crippen molar-refractivity contribution in [3.05, 3.63) is 0 Å². The topological polar surface area (TPSA) is 46.5 Å². The van der Waals surface area contributed by atoms with Gasteiger partial charge in [-0.1, -0.05) is 110 Å². The van der Waals surface area contributed by atoms with Crippen LogP contribution in [0.25, 0.3) is 0 Å². The lowest BCUT2D eigenvalue weighted by Crippen LogP contribution is -2.14. The highest BCUT2D eigenvalue weighted by atomic mass is 32.2. The summed E-state index contributed by atoms with van der Waals surface area (Å²) in [5.74, 6) is 0. The fraction of sp³-hybridized carbons (Fsp3) is 1.00. The van der Waals surface area contributed by atoms with Crippen molar-refractivity contribution in [1.82, 2.24) is 0 Å². The normalized spacial score (nSPS) is 14.0. The van der Waals surface area contributed by atoms with Gasteiger partial charge in [0.25, 0.3) is 0 Å². The second-order valence-corrected chi connectivity index (χ2v) is 7.74. The van der Waals surface area contributed by atoms with Crippen molar-refractivity contribution in [2.75, 3.05) is 0 Å². The van der Waals surface area contributed by atoms with Gasteiger partial charge >= 0.3 is 11.4 Å². The molecule has 146 valence electrons. The summed E-state index contributed by atoms with van der Waals surface area (Å²) in [7, 11) is 0. The van der Waals surface area contributed by atoms with Crippen LogP contribution in [0.2, 0.25) is 0 Å². The predicted molar refractivity (Wildman–Crippen MR) is 105 cm³/mol. The second-order valence-electron chi connectivity index (χ2n) is 7.11. The highest BCUT2D eigenvalue weighted by Gasteiger charge is 2.12. The molecule has 3 nitrogen and oxygen atoms in total. The average molecular weight is 363 g/mol. The molecular formula is C20H42O3S. The van der Waals surface area contributed by atoms with Gasteiger partial charge in [0.15, 0.2) is 0 Å². The van der Waals surface area contributed by atoms with Crippen molar-refractivity contribution in [2.24, 2.45) is 0 Å². The molecule has 0 aromatic carbocycles. The molecule has 2 atom stereocenters. The van der Waals surface area contributed by atoms with Crippen molar-refractivity contribution in [3.63, 3.8) is 0 Å². The van der Waals surface area contributed by atoms with Gasteiger partial charge in [-0.3, -0.25) is 8.74 Å². The molecule has 0 radical (unpaired) electrons. The largest absolute Gasteiger partial charge is 0.302 e. The lowest BCUT2D eigenvalue weighted by Gasteiger charge is -2.15. The lowest BCUT2D eigenvalue weighted by atomic mass is 10.0. The zero-order chi connectivity index (χ0) is 17.9. The first-order valence-corrected chi connectivity index (χ1v) is 11.5. The third-order valence-electron chi connectivity index (χ3n) is 4.73. The summed E-state index contributed by atoms with van der Waals surface area (Å²) in [4.78, 5) is 0. The molecule has 0 rings (SSSR count). The Bertz CT molecular complexity index is 272. The smallest absolute Gasteiger partial charge is 0.284 e. The second kappa shape index (κ2) is 19.4. The maximum absolute atomic E-state index is 10.9. The molecule has 0 fully saturated rings. The maximum atomic E-state index is 10.9. The van der Waals surface area contributed by atoms with Crippen LogP contribution in [0.15, 0.2) is 0 Å². The van der Waals surface area contributed by atoms with E-state index < -0.39 is 11.4 Å². The van der Waals surface area contributed by atoms with E-state index in [-0.39, 0.29) is 6.10 Å². The van der Waals surface area contributed by atoms with Crippen molar-refractivity contribution in [3.8, 4) is 0 Å². The van der Waals surface area contributed by atoms with E-state index in [1.54, 1.807) is 0 Å². The molecule has 0 aliphatic rings. The highest BCUT2D eigenvalue weighted by Crippen LogP contribution is 2.17. The molecule has 0 amide bonds. The van der Waals surface area contributed by atoms with Crippen molar-refractivity contribution >= 4 is 11.4 Å². The maximum Gasteiger partial charge on any atom is 0.302 e. The zero-order valence-electron chi connectivity index (χ0n) is 16.3. The molecule has 1 N–H and O–H groups in total. The Morgan fingerprint density at radius 2 is 1.00 bits per heavy atom. The van der Waals surface area contributed by atoms with E-state index in [2.05, 4.69) is 13.8 Å². The van der Waals surface area contributed by atoms with Crippen LogP contribution in [0.5, 0.6) is 0 Å². The van der Waals surface area contributed by atoms with Crippen LogP contribution >= 0.6 is 0 Å². The Morgan fingerprint density at radius 1 is 0.667 bits per heavy atom. The fourth-order valence-electron chi connectivity index (χ4n) is 3.19. The van der Waals surface area contributed by atoms with Crippen LogP contribution in [0, 0.1) is 0 Å². The minimum atomic E-state index is -2.12. The van der Waals surface area contributed by atoms with Gasteiger partial charge < -0.3 is 0 Å². The SMILES string of the molecule is CCCCCCCCCCC(CCCCCCCCC)OS(=O)O. The summed E-state index contributed by atoms with van der Waals surface area (Å²) in [5, 5.41) is 0. The van der Waals surface area contributed by atoms with Crippen LogP contribution < -0.4 is 0 Å². The molecule has 0 saturated carbocycles. The highest BCUT2D eigenvalue weighted by molar-refractivity contribution is 7.74. The Morgan fingerprint density at radius 3 is 1.33 bits per heavy atom. The quantitative estimate of drug-likeness (QED) is 0.195. The third-order valence-corrected chi connectivity index (χ3v) is 5.16. The summed E-state index contributed by atoms with van der Waals surface area (Å²) >= 11 is -2.12. The molecule has 24 heavy (non-hydrogen) atoms. The monoisotopic (exact) mass is 362 g/mol. The molecule has 0 aliphatic heterocycles. The summed E-state index contributed by atoms with van der Waals surface area (Å²) < 4.78 is 25.1. The van der Waals surface area contributed by atoms with Gasteiger partial charge in [0.05, 0.1) is 6.10 Å². The van der Waals surface area contributed by atoms with E-state index in [9.17, 15) is 4.21 Å². The van der Waals surface area contributed by atoms with Crippen LogP contribution in [-0.4, -0.2) is 14.9 Å². The summed E-state index contributed by atoms with van der Waals surface area (Å²) in [6, 6.07) is 0. The van der Waals surface area contributed by atoms with E-state index in [4.69, 9.17) is 8.74 Å². The van der Waals surface area contributed by atoms with Gasteiger partial charge in [0.1, 0.15) is 0 Å². The molecule has 0 aliphatic carbocycles. The molecule has 0 heterocycles. The van der Waals surface area contributed by atoms with Gasteiger partial charge in [-0.25, -0.2) is 0 Å². The van der Waals surface area contributed by atoms with Crippen LogP contribution in [-0.2, 0) is 15.5 Å². The van der Waals surface area contributed by atoms with Gasteiger partial charge in [0, 0.05) is 0 Å². The first-order valence-electron chi connectivity index (χ1n) is 10.5. The van der Waals surface area contributed by atoms with Gasteiger partial charge in [-0.2, -0.15) is 4.21 Å². The zero-order valence-corrected chi connectivity index (χ0v) is 17.1. The van der Waals surface area contributed by atoms with Crippen LogP contribution in [0.1, 0.15) is 123 Å². The molecule has 2 unspecified atom stereocenters. The molecular weight excluding hydrogens is 320 g/mol. The van der Waals surface area contributed by atoms with Crippen LogP contribution in [0.3, 0.4) is 0 Å². The number of rotatable bonds is 19. The standard InChI is InChI=1S/C20H42O3S/c1-3-5-7-9-11-13-15-17-19-20(23-24(21)22)18-16-14-12-10-8-6-4-2/h20H,3-19H2,1-2H3,(H,21,22). The Kier molecular flexibility index (Phi) is 19.5. The van der Waals surface area contributed by atoms with E-state index in [0.717, 1.165) is 25.7 Å². The molecule has 0 saturated heterocycles. The number of hydrogen-bond acceptors (Lipinski definition) is 2. The fourth-order valence-corrected chi connectivity index (χ4v) is 3.62. The molecule has 0 aromatic heterocycles. The van der Waals surface area contributed by atoms with Crippen LogP contribution in [0.4, 0.5) is 0 Å². The van der Waals surface area contributed by atoms with Crippen molar-refractivity contribution in [1.29, 1.82) is 0 Å². The Labute approximate surface area is 153 Å². The predicted octanol–water partition coefficient (Wildman–Crippen LogP) is 7.18. The van der Waals surface area contributed by atoms with E-state index in [1.165, 1.54) is 83.5 Å². The number of unbranched alkanes of at least 4 members (excludes halogenated alkanes) is 13. The number of hydrogen-bond donors (Lipinski definition) is 1. The van der Waals surface area contributed by atoms with Gasteiger partial charge in [0.2, 0.25) is 0 Å². The first-order chi connectivity index (χ1) is 11.7. The van der Waals surface area contributed by atoms with E-state index in [0.29, 0.717) is 0 Å². The average Bonchev–Trinajstić information content (AvgIpc) is 2.55. The third kappa shape index (κ3) is 18.4. The van der Waals surface area contributed by atoms with Crippen molar-refractivity contribution in [2.45, 2.75) is 129 Å². The Hall–Kier alpha value is 0.0700. The van der Waals surface area contributed by atoms with Crippen molar-refractivity contribution < 1.29 is 12.9 Å². The first kappa shape index (κ1) is 24.1. The minimum Gasteiger partial charge on any atom is -0.284 e. The minimum absolute atomic E-state index is 0.0356. The molecule has 4 heteroatoms. The summed E-state index contributed by atoms with van der Waals surface area (Å²) in [5.41, 5.74) is 0.